The molecule has 0 unspecified atom stereocenters. The highest BCUT2D eigenvalue weighted by Crippen LogP contribution is 2.14. The summed E-state index contributed by atoms with van der Waals surface area (Å²) >= 11 is 0. The van der Waals surface area contributed by atoms with E-state index in [-0.39, 0.29) is 22.6 Å². The smallest absolute Gasteiger partial charge is 0.335 e. The third-order valence-electron chi connectivity index (χ3n) is 4.11. The molecule has 0 radical (unpaired) electrons. The second-order valence-electron chi connectivity index (χ2n) is 6.61. The van der Waals surface area contributed by atoms with Crippen LogP contribution >= 0.6 is 0 Å². The molecule has 0 spiro atoms. The van der Waals surface area contributed by atoms with E-state index in [2.05, 4.69) is 10.6 Å². The Balaban J connectivity index is 2.07. The van der Waals surface area contributed by atoms with Crippen LogP contribution in [0.1, 0.15) is 58.3 Å². The minimum atomic E-state index is -1.09. The lowest BCUT2D eigenvalue weighted by Gasteiger charge is -2.24. The number of benzene rings is 2. The van der Waals surface area contributed by atoms with Crippen molar-refractivity contribution in [2.24, 2.45) is 0 Å². The predicted molar refractivity (Wildman–Crippen MR) is 99.6 cm³/mol. The van der Waals surface area contributed by atoms with Crippen molar-refractivity contribution in [1.82, 2.24) is 5.32 Å². The maximum Gasteiger partial charge on any atom is 0.335 e. The van der Waals surface area contributed by atoms with Crippen LogP contribution < -0.4 is 10.6 Å². The van der Waals surface area contributed by atoms with Crippen LogP contribution in [0.3, 0.4) is 0 Å². The second kappa shape index (κ2) is 7.82. The summed E-state index contributed by atoms with van der Waals surface area (Å²) in [7, 11) is 0. The molecule has 2 aromatic rings. The lowest BCUT2D eigenvalue weighted by atomic mass is 10.0. The molecule has 26 heavy (non-hydrogen) atoms. The molecule has 0 aromatic heterocycles. The van der Waals surface area contributed by atoms with Gasteiger partial charge in [-0.05, 0) is 62.7 Å². The van der Waals surface area contributed by atoms with E-state index in [9.17, 15) is 14.4 Å². The molecule has 0 aliphatic heterocycles. The van der Waals surface area contributed by atoms with E-state index in [4.69, 9.17) is 5.11 Å². The quantitative estimate of drug-likeness (QED) is 0.739. The summed E-state index contributed by atoms with van der Waals surface area (Å²) in [5.41, 5.74) is 1.01. The van der Waals surface area contributed by atoms with Crippen LogP contribution in [0.25, 0.3) is 0 Å². The molecular weight excluding hydrogens is 332 g/mol. The van der Waals surface area contributed by atoms with Gasteiger partial charge in [0.15, 0.2) is 0 Å². The van der Waals surface area contributed by atoms with E-state index in [1.165, 1.54) is 24.3 Å². The fourth-order valence-electron chi connectivity index (χ4n) is 2.17. The number of nitrogens with one attached hydrogen (secondary N) is 2. The molecule has 2 amide bonds. The number of carbonyl (C=O) groups is 3. The highest BCUT2D eigenvalue weighted by molar-refractivity contribution is 6.05. The fraction of sp³-hybridized carbons (Fsp3) is 0.250. The van der Waals surface area contributed by atoms with Crippen molar-refractivity contribution in [3.63, 3.8) is 0 Å². The summed E-state index contributed by atoms with van der Waals surface area (Å²) in [5.74, 6) is -1.69. The molecular formula is C20H22N2O4. The van der Waals surface area contributed by atoms with Crippen LogP contribution in [-0.2, 0) is 0 Å². The first-order valence-electron chi connectivity index (χ1n) is 8.29. The molecule has 2 aromatic carbocycles. The monoisotopic (exact) mass is 354 g/mol. The number of hydrogen-bond acceptors (Lipinski definition) is 3. The molecule has 0 atom stereocenters. The van der Waals surface area contributed by atoms with Gasteiger partial charge in [0, 0.05) is 22.4 Å². The summed E-state index contributed by atoms with van der Waals surface area (Å²) < 4.78 is 0. The van der Waals surface area contributed by atoms with E-state index in [1.807, 2.05) is 20.8 Å². The summed E-state index contributed by atoms with van der Waals surface area (Å²) in [5, 5.41) is 14.6. The Bertz CT molecular complexity index is 826. The Morgan fingerprint density at radius 3 is 2.12 bits per heavy atom. The lowest BCUT2D eigenvalue weighted by Crippen LogP contribution is -2.42. The zero-order valence-electron chi connectivity index (χ0n) is 15.0. The van der Waals surface area contributed by atoms with Gasteiger partial charge in [0.05, 0.1) is 5.56 Å². The minimum Gasteiger partial charge on any atom is -0.478 e. The van der Waals surface area contributed by atoms with E-state index >= 15 is 0 Å². The van der Waals surface area contributed by atoms with Gasteiger partial charge in [0.2, 0.25) is 0 Å². The Morgan fingerprint density at radius 2 is 1.54 bits per heavy atom. The second-order valence-corrected chi connectivity index (χ2v) is 6.61. The van der Waals surface area contributed by atoms with Crippen molar-refractivity contribution in [2.45, 2.75) is 32.7 Å². The van der Waals surface area contributed by atoms with Crippen LogP contribution in [-0.4, -0.2) is 28.4 Å². The topological polar surface area (TPSA) is 95.5 Å². The first kappa shape index (κ1) is 19.2. The number of carboxylic acid groups (broad SMARTS) is 1. The van der Waals surface area contributed by atoms with Crippen LogP contribution in [0.15, 0.2) is 48.5 Å². The largest absolute Gasteiger partial charge is 0.478 e. The van der Waals surface area contributed by atoms with Gasteiger partial charge in [-0.15, -0.1) is 0 Å². The van der Waals surface area contributed by atoms with Crippen molar-refractivity contribution in [2.75, 3.05) is 5.32 Å². The van der Waals surface area contributed by atoms with E-state index < -0.39 is 11.9 Å². The fourth-order valence-corrected chi connectivity index (χ4v) is 2.17. The summed E-state index contributed by atoms with van der Waals surface area (Å²) in [4.78, 5) is 35.5. The Labute approximate surface area is 152 Å². The number of carboxylic acids is 1. The summed E-state index contributed by atoms with van der Waals surface area (Å²) in [6.07, 6.45) is 0.808. The number of anilines is 1. The van der Waals surface area contributed by atoms with Gasteiger partial charge in [-0.3, -0.25) is 9.59 Å². The zero-order valence-corrected chi connectivity index (χ0v) is 15.0. The molecule has 6 heteroatoms. The average Bonchev–Trinajstić information content (AvgIpc) is 2.62. The molecule has 2 rings (SSSR count). The predicted octanol–water partition coefficient (Wildman–Crippen LogP) is 3.56. The summed E-state index contributed by atoms with van der Waals surface area (Å²) in [6.45, 7) is 5.90. The van der Waals surface area contributed by atoms with Gasteiger partial charge in [0.25, 0.3) is 11.8 Å². The SMILES string of the molecule is CCC(C)(C)NC(=O)c1ccc(NC(=O)c2cccc(C(=O)O)c2)cc1. The Morgan fingerprint density at radius 1 is 0.923 bits per heavy atom. The Hall–Kier alpha value is -3.15. The first-order chi connectivity index (χ1) is 12.2. The van der Waals surface area contributed by atoms with Gasteiger partial charge in [-0.25, -0.2) is 4.79 Å². The van der Waals surface area contributed by atoms with Crippen LogP contribution in [0.5, 0.6) is 0 Å². The van der Waals surface area contributed by atoms with Crippen LogP contribution in [0.4, 0.5) is 5.69 Å². The van der Waals surface area contributed by atoms with Crippen LogP contribution in [0.2, 0.25) is 0 Å². The molecule has 6 nitrogen and oxygen atoms in total. The lowest BCUT2D eigenvalue weighted by molar-refractivity contribution is 0.0696. The molecule has 3 N–H and O–H groups in total. The van der Waals surface area contributed by atoms with E-state index in [0.717, 1.165) is 6.42 Å². The minimum absolute atomic E-state index is 0.0446. The van der Waals surface area contributed by atoms with Crippen molar-refractivity contribution in [1.29, 1.82) is 0 Å². The third-order valence-corrected chi connectivity index (χ3v) is 4.11. The number of carbonyl (C=O) groups excluding carboxylic acids is 2. The van der Waals surface area contributed by atoms with Gasteiger partial charge in [0.1, 0.15) is 0 Å². The van der Waals surface area contributed by atoms with Crippen molar-refractivity contribution >= 4 is 23.5 Å². The van der Waals surface area contributed by atoms with Gasteiger partial charge in [-0.1, -0.05) is 13.0 Å². The molecule has 136 valence electrons. The average molecular weight is 354 g/mol. The molecule has 0 fully saturated rings. The molecule has 0 heterocycles. The van der Waals surface area contributed by atoms with Crippen molar-refractivity contribution in [3.8, 4) is 0 Å². The molecule has 0 saturated carbocycles. The van der Waals surface area contributed by atoms with Gasteiger partial charge < -0.3 is 15.7 Å². The number of rotatable bonds is 6. The summed E-state index contributed by atoms with van der Waals surface area (Å²) in [6, 6.07) is 12.3. The van der Waals surface area contributed by atoms with Gasteiger partial charge >= 0.3 is 5.97 Å². The molecule has 0 aliphatic carbocycles. The molecule has 0 saturated heterocycles. The standard InChI is InChI=1S/C20H22N2O4/c1-4-20(2,3)22-18(24)13-8-10-16(11-9-13)21-17(23)14-6-5-7-15(12-14)19(25)26/h5-12H,4H2,1-3H3,(H,21,23)(H,22,24)(H,25,26). The number of hydrogen-bond donors (Lipinski definition) is 3. The maximum atomic E-state index is 12.3. The van der Waals surface area contributed by atoms with Crippen LogP contribution in [0, 0.1) is 0 Å². The van der Waals surface area contributed by atoms with E-state index in [0.29, 0.717) is 11.3 Å². The maximum absolute atomic E-state index is 12.3. The van der Waals surface area contributed by atoms with Crippen molar-refractivity contribution < 1.29 is 19.5 Å². The molecule has 0 bridgehead atoms. The van der Waals surface area contributed by atoms with Crippen molar-refractivity contribution in [3.05, 3.63) is 65.2 Å². The van der Waals surface area contributed by atoms with E-state index in [1.54, 1.807) is 24.3 Å². The zero-order chi connectivity index (χ0) is 19.3. The highest BCUT2D eigenvalue weighted by Gasteiger charge is 2.18. The first-order valence-corrected chi connectivity index (χ1v) is 8.29. The molecule has 0 aliphatic rings. The highest BCUT2D eigenvalue weighted by atomic mass is 16.4. The Kier molecular flexibility index (Phi) is 5.77. The van der Waals surface area contributed by atoms with Gasteiger partial charge in [-0.2, -0.15) is 0 Å². The normalized spacial score (nSPS) is 10.9. The number of aromatic carboxylic acids is 1. The third kappa shape index (κ3) is 4.92. The number of amides is 2.